The van der Waals surface area contributed by atoms with Gasteiger partial charge in [0.25, 0.3) is 0 Å². The number of hydrogen-bond donors (Lipinski definition) is 12. The van der Waals surface area contributed by atoms with Gasteiger partial charge in [0, 0.05) is 19.6 Å². The summed E-state index contributed by atoms with van der Waals surface area (Å²) in [4.78, 5) is 0. The van der Waals surface area contributed by atoms with Crippen LogP contribution < -0.4 is 63.8 Å². The van der Waals surface area contributed by atoms with Gasteiger partial charge in [-0.15, -0.1) is 0 Å². The molecular formula is C48H102N12. The minimum absolute atomic E-state index is 0.938. The van der Waals surface area contributed by atoms with E-state index in [-0.39, 0.29) is 0 Å². The second kappa shape index (κ2) is 48.8. The number of hydrogen-bond acceptors (Lipinski definition) is 12. The van der Waals surface area contributed by atoms with E-state index >= 15 is 0 Å². The van der Waals surface area contributed by atoms with E-state index in [1.807, 2.05) is 21.1 Å². The zero-order valence-electron chi connectivity index (χ0n) is 39.8. The molecule has 0 heterocycles. The summed E-state index contributed by atoms with van der Waals surface area (Å²) >= 11 is 0. The molecule has 0 aliphatic rings. The van der Waals surface area contributed by atoms with Crippen LogP contribution in [-0.2, 0) is 19.6 Å². The molecule has 0 amide bonds. The summed E-state index contributed by atoms with van der Waals surface area (Å²) in [6.07, 6.45) is 22.4. The Labute approximate surface area is 371 Å². The first kappa shape index (κ1) is 56.8. The van der Waals surface area contributed by atoms with E-state index in [1.165, 1.54) is 132 Å². The maximum atomic E-state index is 3.74. The van der Waals surface area contributed by atoms with Crippen molar-refractivity contribution in [2.75, 3.05) is 139 Å². The van der Waals surface area contributed by atoms with Gasteiger partial charge in [0.05, 0.1) is 0 Å². The monoisotopic (exact) mass is 847 g/mol. The highest BCUT2D eigenvalue weighted by Crippen LogP contribution is 2.12. The van der Waals surface area contributed by atoms with Crippen LogP contribution >= 0.6 is 0 Å². The van der Waals surface area contributed by atoms with Crippen LogP contribution in [0.15, 0.2) is 18.2 Å². The molecule has 354 valence electrons. The smallest absolute Gasteiger partial charge is 0.0205 e. The molecule has 0 bridgehead atoms. The molecule has 1 aromatic rings. The predicted molar refractivity (Wildman–Crippen MR) is 264 cm³/mol. The summed E-state index contributed by atoms with van der Waals surface area (Å²) in [5.74, 6) is 0. The molecule has 0 radical (unpaired) electrons. The van der Waals surface area contributed by atoms with Crippen LogP contribution in [0.3, 0.4) is 0 Å². The molecule has 60 heavy (non-hydrogen) atoms. The normalized spacial score (nSPS) is 11.7. The number of nitrogens with one attached hydrogen (secondary N) is 12. The van der Waals surface area contributed by atoms with E-state index in [9.17, 15) is 0 Å². The molecule has 0 aliphatic heterocycles. The molecule has 0 saturated heterocycles. The van der Waals surface area contributed by atoms with E-state index in [1.54, 1.807) is 0 Å². The van der Waals surface area contributed by atoms with E-state index in [2.05, 4.69) is 82.0 Å². The van der Waals surface area contributed by atoms with Gasteiger partial charge in [-0.05, 0) is 271 Å². The van der Waals surface area contributed by atoms with Crippen molar-refractivity contribution in [3.63, 3.8) is 0 Å². The standard InChI is InChI=1S/C48H102N12/c1-49-22-4-7-25-52-28-10-13-31-55-34-16-19-37-58-43-46-40-47(44-59-38-20-17-35-56-32-14-11-29-53-26-8-5-23-50-2)42-48(41-46)45-60-39-21-18-36-57-33-15-12-30-54-27-9-6-24-51-3/h40-42,49-60H,4-39,43-45H2,1-3H3. The maximum absolute atomic E-state index is 3.74. The van der Waals surface area contributed by atoms with Crippen LogP contribution in [0, 0.1) is 0 Å². The lowest BCUT2D eigenvalue weighted by atomic mass is 10.0. The Balaban J connectivity index is 2.26. The van der Waals surface area contributed by atoms with Gasteiger partial charge in [0.15, 0.2) is 0 Å². The fourth-order valence-corrected chi connectivity index (χ4v) is 7.25. The summed E-state index contributed by atoms with van der Waals surface area (Å²) in [5.41, 5.74) is 4.21. The Morgan fingerprint density at radius 1 is 0.217 bits per heavy atom. The quantitative estimate of drug-likeness (QED) is 0.0429. The summed E-state index contributed by atoms with van der Waals surface area (Å²) in [5, 5.41) is 42.5. The van der Waals surface area contributed by atoms with Gasteiger partial charge in [0.2, 0.25) is 0 Å². The van der Waals surface area contributed by atoms with Gasteiger partial charge < -0.3 is 63.8 Å². The Morgan fingerprint density at radius 2 is 0.367 bits per heavy atom. The Morgan fingerprint density at radius 3 is 0.533 bits per heavy atom. The van der Waals surface area contributed by atoms with Gasteiger partial charge in [-0.3, -0.25) is 0 Å². The summed E-state index contributed by atoms with van der Waals surface area (Å²) in [6, 6.07) is 7.23. The largest absolute Gasteiger partial charge is 0.320 e. The highest BCUT2D eigenvalue weighted by atomic mass is 14.9. The van der Waals surface area contributed by atoms with Crippen molar-refractivity contribution in [3.05, 3.63) is 34.9 Å². The SMILES string of the molecule is CNCCCCNCCCCNCCCCNCc1cc(CNCCCCNCCCCNCCCCNC)cc(CNCCCCNCCCCNCCCCNC)c1. The third kappa shape index (κ3) is 42.1. The predicted octanol–water partition coefficient (Wildman–Crippen LogP) is 4.17. The number of rotatable bonds is 51. The molecule has 12 heteroatoms. The highest BCUT2D eigenvalue weighted by Gasteiger charge is 2.04. The average Bonchev–Trinajstić information content (AvgIpc) is 3.26. The van der Waals surface area contributed by atoms with Crippen molar-refractivity contribution in [2.45, 2.75) is 135 Å². The van der Waals surface area contributed by atoms with Crippen molar-refractivity contribution in [2.24, 2.45) is 0 Å². The second-order valence-corrected chi connectivity index (χ2v) is 16.9. The van der Waals surface area contributed by atoms with Crippen LogP contribution in [0.5, 0.6) is 0 Å². The molecule has 1 rings (SSSR count). The van der Waals surface area contributed by atoms with Gasteiger partial charge >= 0.3 is 0 Å². The maximum Gasteiger partial charge on any atom is 0.0205 e. The molecule has 0 aliphatic carbocycles. The minimum Gasteiger partial charge on any atom is -0.320 e. The molecule has 0 aromatic heterocycles. The fraction of sp³-hybridized carbons (Fsp3) is 0.875. The van der Waals surface area contributed by atoms with Crippen molar-refractivity contribution >= 4 is 0 Å². The first-order valence-electron chi connectivity index (χ1n) is 25.2. The highest BCUT2D eigenvalue weighted by molar-refractivity contribution is 5.30. The van der Waals surface area contributed by atoms with Crippen LogP contribution in [0.4, 0.5) is 0 Å². The van der Waals surface area contributed by atoms with Crippen molar-refractivity contribution in [3.8, 4) is 0 Å². The fourth-order valence-electron chi connectivity index (χ4n) is 7.25. The number of unbranched alkanes of at least 4 members (excludes halogenated alkanes) is 9. The molecular weight excluding hydrogens is 745 g/mol. The first-order valence-corrected chi connectivity index (χ1v) is 25.2. The summed E-state index contributed by atoms with van der Waals surface area (Å²) in [6.45, 7) is 23.0. The average molecular weight is 847 g/mol. The zero-order valence-corrected chi connectivity index (χ0v) is 39.8. The van der Waals surface area contributed by atoms with Gasteiger partial charge in [-0.1, -0.05) is 18.2 Å². The van der Waals surface area contributed by atoms with E-state index < -0.39 is 0 Å². The third-order valence-corrected chi connectivity index (χ3v) is 10.9. The van der Waals surface area contributed by atoms with Crippen LogP contribution in [0.1, 0.15) is 132 Å². The van der Waals surface area contributed by atoms with Crippen molar-refractivity contribution in [1.82, 2.24) is 63.8 Å². The molecule has 0 atom stereocenters. The van der Waals surface area contributed by atoms with Crippen LogP contribution in [0.25, 0.3) is 0 Å². The molecule has 12 nitrogen and oxygen atoms in total. The molecule has 12 N–H and O–H groups in total. The molecule has 0 saturated carbocycles. The number of benzene rings is 1. The van der Waals surface area contributed by atoms with Gasteiger partial charge in [-0.25, -0.2) is 0 Å². The van der Waals surface area contributed by atoms with Gasteiger partial charge in [-0.2, -0.15) is 0 Å². The second-order valence-electron chi connectivity index (χ2n) is 16.9. The molecule has 0 fully saturated rings. The van der Waals surface area contributed by atoms with E-state index in [4.69, 9.17) is 0 Å². The zero-order chi connectivity index (χ0) is 42.9. The third-order valence-electron chi connectivity index (χ3n) is 10.9. The molecule has 0 unspecified atom stereocenters. The Bertz CT molecular complexity index is 840. The summed E-state index contributed by atoms with van der Waals surface area (Å²) < 4.78 is 0. The van der Waals surface area contributed by atoms with Crippen LogP contribution in [-0.4, -0.2) is 139 Å². The van der Waals surface area contributed by atoms with Crippen LogP contribution in [0.2, 0.25) is 0 Å². The lowest BCUT2D eigenvalue weighted by Gasteiger charge is -2.13. The molecule has 1 aromatic carbocycles. The first-order chi connectivity index (χ1) is 29.8. The van der Waals surface area contributed by atoms with E-state index in [0.717, 1.165) is 137 Å². The minimum atomic E-state index is 0.938. The molecule has 0 spiro atoms. The lowest BCUT2D eigenvalue weighted by molar-refractivity contribution is 0.543. The summed E-state index contributed by atoms with van der Waals surface area (Å²) in [7, 11) is 6.08. The van der Waals surface area contributed by atoms with E-state index in [0.29, 0.717) is 0 Å². The van der Waals surface area contributed by atoms with Gasteiger partial charge in [0.1, 0.15) is 0 Å². The van der Waals surface area contributed by atoms with Crippen molar-refractivity contribution in [1.29, 1.82) is 0 Å². The Kier molecular flexibility index (Phi) is 46.1. The Hall–Kier alpha value is -1.26. The lowest BCUT2D eigenvalue weighted by Crippen LogP contribution is -2.22. The topological polar surface area (TPSA) is 144 Å². The van der Waals surface area contributed by atoms with Crippen molar-refractivity contribution < 1.29 is 0 Å².